The summed E-state index contributed by atoms with van der Waals surface area (Å²) in [6.45, 7) is 2.04. The first-order valence-corrected chi connectivity index (χ1v) is 8.36. The monoisotopic (exact) mass is 332 g/mol. The highest BCUT2D eigenvalue weighted by Gasteiger charge is 2.09. The van der Waals surface area contributed by atoms with Crippen molar-refractivity contribution in [3.05, 3.63) is 70.0 Å². The number of allylic oxidation sites excluding steroid dienone is 1. The SMILES string of the molecule is COc1ccc(-c2csc(/C(C#N)=C\c3cccc(C)c3)n2)cc1. The summed E-state index contributed by atoms with van der Waals surface area (Å²) in [7, 11) is 1.64. The maximum Gasteiger partial charge on any atom is 0.134 e. The Balaban J connectivity index is 1.91. The molecule has 0 amide bonds. The quantitative estimate of drug-likeness (QED) is 0.618. The van der Waals surface area contributed by atoms with Crippen LogP contribution in [0.5, 0.6) is 5.75 Å². The highest BCUT2D eigenvalue weighted by molar-refractivity contribution is 7.11. The molecular formula is C20H16N2OS. The lowest BCUT2D eigenvalue weighted by Gasteiger charge is -2.00. The van der Waals surface area contributed by atoms with E-state index >= 15 is 0 Å². The Bertz CT molecular complexity index is 917. The molecule has 0 spiro atoms. The molecule has 0 unspecified atom stereocenters. The topological polar surface area (TPSA) is 45.9 Å². The Morgan fingerprint density at radius 2 is 2.00 bits per heavy atom. The van der Waals surface area contributed by atoms with Gasteiger partial charge >= 0.3 is 0 Å². The number of hydrogen-bond acceptors (Lipinski definition) is 4. The summed E-state index contributed by atoms with van der Waals surface area (Å²) in [5.74, 6) is 0.811. The van der Waals surface area contributed by atoms with Crippen LogP contribution in [0.2, 0.25) is 0 Å². The summed E-state index contributed by atoms with van der Waals surface area (Å²) in [6.07, 6.45) is 1.88. The Morgan fingerprint density at radius 1 is 1.21 bits per heavy atom. The minimum Gasteiger partial charge on any atom is -0.497 e. The Morgan fingerprint density at radius 3 is 2.67 bits per heavy atom. The third kappa shape index (κ3) is 3.53. The van der Waals surface area contributed by atoms with Crippen LogP contribution < -0.4 is 4.74 Å². The number of ether oxygens (including phenoxy) is 1. The van der Waals surface area contributed by atoms with Crippen LogP contribution in [0.4, 0.5) is 0 Å². The van der Waals surface area contributed by atoms with Gasteiger partial charge in [0.25, 0.3) is 0 Å². The van der Waals surface area contributed by atoms with Gasteiger partial charge in [-0.15, -0.1) is 11.3 Å². The van der Waals surface area contributed by atoms with Gasteiger partial charge in [0, 0.05) is 10.9 Å². The predicted octanol–water partition coefficient (Wildman–Crippen LogP) is 5.19. The third-order valence-corrected chi connectivity index (χ3v) is 4.47. The molecular weight excluding hydrogens is 316 g/mol. The van der Waals surface area contributed by atoms with Crippen molar-refractivity contribution < 1.29 is 4.74 Å². The molecule has 0 aliphatic heterocycles. The van der Waals surface area contributed by atoms with Crippen molar-refractivity contribution in [2.24, 2.45) is 0 Å². The number of benzene rings is 2. The number of nitriles is 1. The summed E-state index contributed by atoms with van der Waals surface area (Å²) in [4.78, 5) is 4.61. The lowest BCUT2D eigenvalue weighted by Crippen LogP contribution is -1.85. The molecule has 2 aromatic carbocycles. The van der Waals surface area contributed by atoms with Gasteiger partial charge in [0.15, 0.2) is 0 Å². The van der Waals surface area contributed by atoms with Gasteiger partial charge in [0.05, 0.1) is 18.4 Å². The molecule has 0 aliphatic rings. The first-order chi connectivity index (χ1) is 11.7. The van der Waals surface area contributed by atoms with Gasteiger partial charge in [-0.25, -0.2) is 4.98 Å². The van der Waals surface area contributed by atoms with E-state index in [9.17, 15) is 5.26 Å². The average Bonchev–Trinajstić information content (AvgIpc) is 3.10. The Labute approximate surface area is 145 Å². The molecule has 0 N–H and O–H groups in total. The third-order valence-electron chi connectivity index (χ3n) is 3.59. The second-order valence-electron chi connectivity index (χ2n) is 5.35. The Hall–Kier alpha value is -2.90. The second-order valence-corrected chi connectivity index (χ2v) is 6.21. The molecule has 3 nitrogen and oxygen atoms in total. The maximum absolute atomic E-state index is 9.49. The fourth-order valence-electron chi connectivity index (χ4n) is 2.36. The minimum absolute atomic E-state index is 0.574. The number of aryl methyl sites for hydroxylation is 1. The fraction of sp³-hybridized carbons (Fsp3) is 0.100. The van der Waals surface area contributed by atoms with Crippen LogP contribution in [-0.2, 0) is 0 Å². The van der Waals surface area contributed by atoms with Crippen LogP contribution in [0.25, 0.3) is 22.9 Å². The molecule has 4 heteroatoms. The molecule has 1 heterocycles. The number of aromatic nitrogens is 1. The summed E-state index contributed by atoms with van der Waals surface area (Å²) < 4.78 is 5.17. The van der Waals surface area contributed by atoms with E-state index in [-0.39, 0.29) is 0 Å². The van der Waals surface area contributed by atoms with E-state index in [1.165, 1.54) is 16.9 Å². The zero-order chi connectivity index (χ0) is 16.9. The smallest absolute Gasteiger partial charge is 0.134 e. The van der Waals surface area contributed by atoms with E-state index in [2.05, 4.69) is 17.1 Å². The highest BCUT2D eigenvalue weighted by atomic mass is 32.1. The van der Waals surface area contributed by atoms with E-state index in [1.807, 2.05) is 60.8 Å². The van der Waals surface area contributed by atoms with Gasteiger partial charge < -0.3 is 4.74 Å². The van der Waals surface area contributed by atoms with E-state index in [0.29, 0.717) is 5.57 Å². The first kappa shape index (κ1) is 16.0. The zero-order valence-electron chi connectivity index (χ0n) is 13.5. The van der Waals surface area contributed by atoms with E-state index in [0.717, 1.165) is 27.6 Å². The molecule has 0 radical (unpaired) electrons. The molecule has 24 heavy (non-hydrogen) atoms. The molecule has 0 saturated heterocycles. The summed E-state index contributed by atoms with van der Waals surface area (Å²) >= 11 is 1.48. The lowest BCUT2D eigenvalue weighted by molar-refractivity contribution is 0.415. The van der Waals surface area contributed by atoms with Crippen LogP contribution in [-0.4, -0.2) is 12.1 Å². The summed E-state index contributed by atoms with van der Waals surface area (Å²) in [5, 5.41) is 12.2. The standard InChI is InChI=1S/C20H16N2OS/c1-14-4-3-5-15(10-14)11-17(12-21)20-22-19(13-24-20)16-6-8-18(23-2)9-7-16/h3-11,13H,1-2H3/b17-11-. The molecule has 118 valence electrons. The summed E-state index contributed by atoms with van der Waals surface area (Å²) in [5.41, 5.74) is 4.62. The van der Waals surface area contributed by atoms with Gasteiger partial charge in [-0.1, -0.05) is 29.8 Å². The lowest BCUT2D eigenvalue weighted by atomic mass is 10.1. The Kier molecular flexibility index (Phi) is 4.74. The van der Waals surface area contributed by atoms with Crippen molar-refractivity contribution >= 4 is 23.0 Å². The molecule has 0 saturated carbocycles. The van der Waals surface area contributed by atoms with Crippen molar-refractivity contribution in [1.29, 1.82) is 5.26 Å². The normalized spacial score (nSPS) is 11.1. The highest BCUT2D eigenvalue weighted by Crippen LogP contribution is 2.28. The van der Waals surface area contributed by atoms with Gasteiger partial charge in [-0.2, -0.15) is 5.26 Å². The number of hydrogen-bond donors (Lipinski definition) is 0. The van der Waals surface area contributed by atoms with Crippen LogP contribution in [0.3, 0.4) is 0 Å². The number of nitrogens with zero attached hydrogens (tertiary/aromatic N) is 2. The zero-order valence-corrected chi connectivity index (χ0v) is 14.3. The second kappa shape index (κ2) is 7.12. The predicted molar refractivity (Wildman–Crippen MR) is 98.8 cm³/mol. The van der Waals surface area contributed by atoms with Gasteiger partial charge in [0.2, 0.25) is 0 Å². The van der Waals surface area contributed by atoms with E-state index in [1.54, 1.807) is 7.11 Å². The van der Waals surface area contributed by atoms with Crippen molar-refractivity contribution in [2.75, 3.05) is 7.11 Å². The molecule has 3 rings (SSSR count). The van der Waals surface area contributed by atoms with Crippen molar-refractivity contribution in [2.45, 2.75) is 6.92 Å². The van der Waals surface area contributed by atoms with Crippen LogP contribution in [0, 0.1) is 18.3 Å². The number of thiazole rings is 1. The molecule has 3 aromatic rings. The first-order valence-electron chi connectivity index (χ1n) is 7.48. The minimum atomic E-state index is 0.574. The number of rotatable bonds is 4. The fourth-order valence-corrected chi connectivity index (χ4v) is 3.15. The van der Waals surface area contributed by atoms with E-state index in [4.69, 9.17) is 4.74 Å². The van der Waals surface area contributed by atoms with Crippen molar-refractivity contribution in [1.82, 2.24) is 4.98 Å². The number of methoxy groups -OCH3 is 1. The van der Waals surface area contributed by atoms with Gasteiger partial charge in [0.1, 0.15) is 16.8 Å². The average molecular weight is 332 g/mol. The van der Waals surface area contributed by atoms with Crippen LogP contribution in [0.1, 0.15) is 16.1 Å². The van der Waals surface area contributed by atoms with Crippen LogP contribution in [0.15, 0.2) is 53.9 Å². The largest absolute Gasteiger partial charge is 0.497 e. The molecule has 0 fully saturated rings. The van der Waals surface area contributed by atoms with Crippen molar-refractivity contribution in [3.63, 3.8) is 0 Å². The molecule has 0 bridgehead atoms. The molecule has 0 aliphatic carbocycles. The molecule has 1 aromatic heterocycles. The molecule has 0 atom stereocenters. The van der Waals surface area contributed by atoms with Gasteiger partial charge in [-0.3, -0.25) is 0 Å². The maximum atomic E-state index is 9.49. The van der Waals surface area contributed by atoms with Crippen molar-refractivity contribution in [3.8, 4) is 23.1 Å². The van der Waals surface area contributed by atoms with Crippen LogP contribution >= 0.6 is 11.3 Å². The van der Waals surface area contributed by atoms with Gasteiger partial charge in [-0.05, 0) is 42.8 Å². The van der Waals surface area contributed by atoms with E-state index < -0.39 is 0 Å². The summed E-state index contributed by atoms with van der Waals surface area (Å²) in [6, 6.07) is 18.1.